The molecule has 0 amide bonds. The Kier molecular flexibility index (Phi) is 4.42. The highest BCUT2D eigenvalue weighted by Crippen LogP contribution is 2.42. The van der Waals surface area contributed by atoms with Gasteiger partial charge in [-0.3, -0.25) is 0 Å². The van der Waals surface area contributed by atoms with E-state index in [-0.39, 0.29) is 12.1 Å². The number of hydrogen-bond acceptors (Lipinski definition) is 4. The van der Waals surface area contributed by atoms with E-state index in [1.165, 1.54) is 0 Å². The largest absolute Gasteiger partial charge is 0.496 e. The predicted molar refractivity (Wildman–Crippen MR) is 98.1 cm³/mol. The molecule has 4 nitrogen and oxygen atoms in total. The number of para-hydroxylation sites is 1. The van der Waals surface area contributed by atoms with Crippen molar-refractivity contribution < 1.29 is 19.0 Å². The van der Waals surface area contributed by atoms with Gasteiger partial charge in [-0.1, -0.05) is 54.6 Å². The summed E-state index contributed by atoms with van der Waals surface area (Å²) in [5.41, 5.74) is 2.95. The lowest BCUT2D eigenvalue weighted by Crippen LogP contribution is -2.15. The van der Waals surface area contributed by atoms with Gasteiger partial charge in [0.2, 0.25) is 0 Å². The molecule has 1 aliphatic rings. The molecular formula is C22H18O4. The number of epoxide rings is 1. The number of rotatable bonds is 5. The van der Waals surface area contributed by atoms with E-state index in [4.69, 9.17) is 14.2 Å². The van der Waals surface area contributed by atoms with Crippen LogP contribution < -0.4 is 9.47 Å². The summed E-state index contributed by atoms with van der Waals surface area (Å²) < 4.78 is 16.4. The van der Waals surface area contributed by atoms with Crippen LogP contribution in [0.5, 0.6) is 11.5 Å². The van der Waals surface area contributed by atoms with Crippen LogP contribution in [-0.2, 0) is 9.53 Å². The van der Waals surface area contributed by atoms with Gasteiger partial charge in [0.25, 0.3) is 0 Å². The average Bonchev–Trinajstić information content (AvgIpc) is 3.50. The highest BCUT2D eigenvalue weighted by molar-refractivity contribution is 5.81. The van der Waals surface area contributed by atoms with Crippen LogP contribution in [0.2, 0.25) is 0 Å². The third kappa shape index (κ3) is 3.32. The van der Waals surface area contributed by atoms with Crippen LogP contribution >= 0.6 is 0 Å². The van der Waals surface area contributed by atoms with E-state index in [1.807, 2.05) is 66.7 Å². The molecule has 26 heavy (non-hydrogen) atoms. The van der Waals surface area contributed by atoms with Crippen molar-refractivity contribution >= 4 is 5.97 Å². The third-order valence-electron chi connectivity index (χ3n) is 4.32. The zero-order chi connectivity index (χ0) is 17.9. The molecule has 4 rings (SSSR count). The molecule has 3 aromatic rings. The van der Waals surface area contributed by atoms with E-state index in [0.717, 1.165) is 22.4 Å². The van der Waals surface area contributed by atoms with Gasteiger partial charge in [0, 0.05) is 5.56 Å². The predicted octanol–water partition coefficient (Wildman–Crippen LogP) is 4.41. The van der Waals surface area contributed by atoms with E-state index in [9.17, 15) is 4.79 Å². The number of carbonyl (C=O) groups is 1. The molecule has 0 aromatic heterocycles. The van der Waals surface area contributed by atoms with Gasteiger partial charge >= 0.3 is 5.97 Å². The summed E-state index contributed by atoms with van der Waals surface area (Å²) in [6, 6.07) is 24.8. The molecule has 1 fully saturated rings. The Labute approximate surface area is 152 Å². The zero-order valence-corrected chi connectivity index (χ0v) is 14.3. The molecule has 130 valence electrons. The van der Waals surface area contributed by atoms with E-state index >= 15 is 0 Å². The van der Waals surface area contributed by atoms with Gasteiger partial charge in [-0.25, -0.2) is 4.79 Å². The first-order chi connectivity index (χ1) is 12.8. The first-order valence-electron chi connectivity index (χ1n) is 8.42. The van der Waals surface area contributed by atoms with Crippen LogP contribution in [0.3, 0.4) is 0 Å². The van der Waals surface area contributed by atoms with Gasteiger partial charge in [0.15, 0.2) is 6.10 Å². The minimum absolute atomic E-state index is 0.292. The number of methoxy groups -OCH3 is 1. The molecule has 2 atom stereocenters. The van der Waals surface area contributed by atoms with Crippen molar-refractivity contribution in [3.8, 4) is 22.6 Å². The number of hydrogen-bond donors (Lipinski definition) is 0. The fourth-order valence-electron chi connectivity index (χ4n) is 2.95. The van der Waals surface area contributed by atoms with E-state index < -0.39 is 6.10 Å². The van der Waals surface area contributed by atoms with Crippen molar-refractivity contribution in [2.75, 3.05) is 7.11 Å². The van der Waals surface area contributed by atoms with Crippen molar-refractivity contribution in [1.29, 1.82) is 0 Å². The maximum Gasteiger partial charge on any atom is 0.343 e. The summed E-state index contributed by atoms with van der Waals surface area (Å²) in [6.07, 6.45) is -0.869. The van der Waals surface area contributed by atoms with Gasteiger partial charge in [-0.05, 0) is 35.4 Å². The quantitative estimate of drug-likeness (QED) is 0.390. The maximum absolute atomic E-state index is 12.3. The fourth-order valence-corrected chi connectivity index (χ4v) is 2.95. The first kappa shape index (κ1) is 16.4. The lowest BCUT2D eigenvalue weighted by atomic mass is 10.00. The average molecular weight is 346 g/mol. The molecule has 3 aromatic carbocycles. The van der Waals surface area contributed by atoms with Crippen LogP contribution in [0.15, 0.2) is 78.9 Å². The highest BCUT2D eigenvalue weighted by atomic mass is 16.6. The molecule has 2 unspecified atom stereocenters. The summed E-state index contributed by atoms with van der Waals surface area (Å²) in [6.45, 7) is 0. The molecule has 0 aliphatic carbocycles. The van der Waals surface area contributed by atoms with Crippen LogP contribution in [0.4, 0.5) is 0 Å². The van der Waals surface area contributed by atoms with Gasteiger partial charge in [-0.15, -0.1) is 0 Å². The highest BCUT2D eigenvalue weighted by Gasteiger charge is 2.47. The summed E-state index contributed by atoms with van der Waals surface area (Å²) in [5.74, 6) is 0.925. The molecule has 0 radical (unpaired) electrons. The van der Waals surface area contributed by atoms with Crippen LogP contribution in [0.1, 0.15) is 11.7 Å². The lowest BCUT2D eigenvalue weighted by molar-refractivity contribution is -0.135. The maximum atomic E-state index is 12.3. The van der Waals surface area contributed by atoms with Crippen molar-refractivity contribution in [3.63, 3.8) is 0 Å². The SMILES string of the molecule is COc1ccc(C2OC2C(=O)Oc2ccccc2)cc1-c1ccccc1. The second kappa shape index (κ2) is 7.02. The van der Waals surface area contributed by atoms with E-state index in [2.05, 4.69) is 0 Å². The van der Waals surface area contributed by atoms with E-state index in [1.54, 1.807) is 19.2 Å². The van der Waals surface area contributed by atoms with Crippen molar-refractivity contribution in [1.82, 2.24) is 0 Å². The Morgan fingerprint density at radius 2 is 1.62 bits per heavy atom. The monoisotopic (exact) mass is 346 g/mol. The van der Waals surface area contributed by atoms with Crippen LogP contribution in [-0.4, -0.2) is 19.2 Å². The van der Waals surface area contributed by atoms with Crippen molar-refractivity contribution in [2.45, 2.75) is 12.2 Å². The topological polar surface area (TPSA) is 48.1 Å². The molecule has 0 saturated carbocycles. The molecule has 1 saturated heterocycles. The van der Waals surface area contributed by atoms with Gasteiger partial charge in [0.05, 0.1) is 7.11 Å². The Morgan fingerprint density at radius 3 is 2.31 bits per heavy atom. The molecule has 1 heterocycles. The minimum Gasteiger partial charge on any atom is -0.496 e. The normalized spacial score (nSPS) is 18.2. The van der Waals surface area contributed by atoms with Crippen molar-refractivity contribution in [3.05, 3.63) is 84.4 Å². The summed E-state index contributed by atoms with van der Waals surface area (Å²) in [4.78, 5) is 12.3. The van der Waals surface area contributed by atoms with Crippen LogP contribution in [0, 0.1) is 0 Å². The Balaban J connectivity index is 1.53. The van der Waals surface area contributed by atoms with Gasteiger partial charge < -0.3 is 14.2 Å². The summed E-state index contributed by atoms with van der Waals surface area (Å²) in [5, 5.41) is 0. The van der Waals surface area contributed by atoms with Gasteiger partial charge in [-0.2, -0.15) is 0 Å². The smallest absolute Gasteiger partial charge is 0.343 e. The number of ether oxygens (including phenoxy) is 3. The van der Waals surface area contributed by atoms with Crippen LogP contribution in [0.25, 0.3) is 11.1 Å². The number of carbonyl (C=O) groups excluding carboxylic acids is 1. The zero-order valence-electron chi connectivity index (χ0n) is 14.3. The third-order valence-corrected chi connectivity index (χ3v) is 4.32. The Bertz CT molecular complexity index is 906. The second-order valence-corrected chi connectivity index (χ2v) is 6.04. The molecule has 0 N–H and O–H groups in total. The summed E-state index contributed by atoms with van der Waals surface area (Å²) >= 11 is 0. The summed E-state index contributed by atoms with van der Waals surface area (Å²) in [7, 11) is 1.65. The molecular weight excluding hydrogens is 328 g/mol. The van der Waals surface area contributed by atoms with Gasteiger partial charge in [0.1, 0.15) is 17.6 Å². The second-order valence-electron chi connectivity index (χ2n) is 6.04. The standard InChI is InChI=1S/C22H18O4/c1-24-19-13-12-16(14-18(19)15-8-4-2-5-9-15)20-21(26-20)22(23)25-17-10-6-3-7-11-17/h2-14,20-21H,1H3. The first-order valence-corrected chi connectivity index (χ1v) is 8.42. The fraction of sp³-hybridized carbons (Fsp3) is 0.136. The minimum atomic E-state index is -0.577. The van der Waals surface area contributed by atoms with Crippen molar-refractivity contribution in [2.24, 2.45) is 0 Å². The number of esters is 1. The molecule has 0 spiro atoms. The number of benzene rings is 3. The molecule has 1 aliphatic heterocycles. The van der Waals surface area contributed by atoms with E-state index in [0.29, 0.717) is 5.75 Å². The molecule has 0 bridgehead atoms. The Morgan fingerprint density at radius 1 is 0.923 bits per heavy atom. The molecule has 4 heteroatoms. The lowest BCUT2D eigenvalue weighted by Gasteiger charge is -2.10. The Hall–Kier alpha value is -3.11.